The van der Waals surface area contributed by atoms with Gasteiger partial charge in [-0.15, -0.1) is 0 Å². The van der Waals surface area contributed by atoms with E-state index in [-0.39, 0.29) is 24.7 Å². The Balaban J connectivity index is 2.92. The Hall–Kier alpha value is -2.57. The zero-order chi connectivity index (χ0) is 17.6. The Bertz CT molecular complexity index is 610. The lowest BCUT2D eigenvalue weighted by Crippen LogP contribution is -2.25. The number of rotatable bonds is 7. The molecule has 0 saturated carbocycles. The van der Waals surface area contributed by atoms with Crippen LogP contribution in [0.4, 0.5) is 5.69 Å². The van der Waals surface area contributed by atoms with Crippen LogP contribution < -0.4 is 15.4 Å². The fourth-order valence-corrected chi connectivity index (χ4v) is 2.19. The van der Waals surface area contributed by atoms with Gasteiger partial charge in [0.1, 0.15) is 5.75 Å². The molecule has 0 atom stereocenters. The topological polar surface area (TPSA) is 105 Å². The Kier molecular flexibility index (Phi) is 6.12. The van der Waals surface area contributed by atoms with Crippen molar-refractivity contribution < 1.29 is 24.2 Å². The second-order valence-electron chi connectivity index (χ2n) is 5.95. The molecule has 0 aromatic heterocycles. The average molecular weight is 322 g/mol. The Morgan fingerprint density at radius 1 is 1.22 bits per heavy atom. The number of amides is 2. The summed E-state index contributed by atoms with van der Waals surface area (Å²) in [5.74, 6) is -1.16. The lowest BCUT2D eigenvalue weighted by atomic mass is 9.85. The number of aliphatic carboxylic acids is 1. The maximum absolute atomic E-state index is 12.2. The monoisotopic (exact) mass is 322 g/mol. The molecule has 0 bridgehead atoms. The first-order chi connectivity index (χ1) is 10.7. The predicted molar refractivity (Wildman–Crippen MR) is 85.7 cm³/mol. The number of nitrogens with one attached hydrogen (secondary N) is 2. The second-order valence-corrected chi connectivity index (χ2v) is 5.95. The van der Waals surface area contributed by atoms with Gasteiger partial charge < -0.3 is 20.5 Å². The van der Waals surface area contributed by atoms with Crippen molar-refractivity contribution in [1.29, 1.82) is 0 Å². The summed E-state index contributed by atoms with van der Waals surface area (Å²) in [4.78, 5) is 34.7. The fraction of sp³-hybridized carbons (Fsp3) is 0.438. The van der Waals surface area contributed by atoms with E-state index < -0.39 is 11.4 Å². The zero-order valence-corrected chi connectivity index (χ0v) is 13.7. The van der Waals surface area contributed by atoms with Crippen LogP contribution in [0, 0.1) is 5.41 Å². The van der Waals surface area contributed by atoms with E-state index in [9.17, 15) is 14.4 Å². The Labute approximate surface area is 135 Å². The summed E-state index contributed by atoms with van der Waals surface area (Å²) >= 11 is 0. The van der Waals surface area contributed by atoms with Crippen LogP contribution in [0.25, 0.3) is 0 Å². The molecule has 126 valence electrons. The molecule has 1 rings (SSSR count). The Morgan fingerprint density at radius 2 is 1.87 bits per heavy atom. The molecule has 1 aromatic carbocycles. The number of carbonyl (C=O) groups excluding carboxylic acids is 2. The van der Waals surface area contributed by atoms with E-state index in [0.29, 0.717) is 17.0 Å². The summed E-state index contributed by atoms with van der Waals surface area (Å²) in [5, 5.41) is 14.0. The zero-order valence-electron chi connectivity index (χ0n) is 13.7. The number of ether oxygens (including phenoxy) is 1. The number of carbonyl (C=O) groups is 3. The molecular formula is C16H22N2O5. The first-order valence-electron chi connectivity index (χ1n) is 7.10. The van der Waals surface area contributed by atoms with Gasteiger partial charge in [-0.2, -0.15) is 0 Å². The van der Waals surface area contributed by atoms with Gasteiger partial charge in [-0.25, -0.2) is 0 Å². The number of benzene rings is 1. The lowest BCUT2D eigenvalue weighted by molar-refractivity contribution is -0.139. The van der Waals surface area contributed by atoms with Gasteiger partial charge in [0.25, 0.3) is 5.91 Å². The van der Waals surface area contributed by atoms with Gasteiger partial charge in [0, 0.05) is 19.0 Å². The van der Waals surface area contributed by atoms with Crippen molar-refractivity contribution in [3.63, 3.8) is 0 Å². The molecule has 1 aromatic rings. The van der Waals surface area contributed by atoms with E-state index in [4.69, 9.17) is 9.84 Å². The molecule has 7 nitrogen and oxygen atoms in total. The maximum Gasteiger partial charge on any atom is 0.303 e. The van der Waals surface area contributed by atoms with E-state index in [0.717, 1.165) is 0 Å². The van der Waals surface area contributed by atoms with Gasteiger partial charge in [0.05, 0.1) is 19.2 Å². The van der Waals surface area contributed by atoms with Crippen LogP contribution >= 0.6 is 0 Å². The van der Waals surface area contributed by atoms with Crippen molar-refractivity contribution >= 4 is 23.5 Å². The summed E-state index contributed by atoms with van der Waals surface area (Å²) in [6.07, 6.45) is -0.0809. The number of carboxylic acids is 1. The van der Waals surface area contributed by atoms with E-state index in [2.05, 4.69) is 10.6 Å². The molecule has 7 heteroatoms. The molecular weight excluding hydrogens is 300 g/mol. The minimum atomic E-state index is -0.956. The van der Waals surface area contributed by atoms with Crippen LogP contribution in [-0.4, -0.2) is 37.0 Å². The molecule has 0 heterocycles. The third-order valence-corrected chi connectivity index (χ3v) is 3.23. The van der Waals surface area contributed by atoms with Crippen LogP contribution in [-0.2, 0) is 9.59 Å². The van der Waals surface area contributed by atoms with Gasteiger partial charge in [-0.3, -0.25) is 14.4 Å². The Morgan fingerprint density at radius 3 is 2.39 bits per heavy atom. The molecule has 0 aliphatic carbocycles. The highest BCUT2D eigenvalue weighted by molar-refractivity contribution is 5.98. The molecule has 0 aliphatic rings. The molecule has 0 unspecified atom stereocenters. The van der Waals surface area contributed by atoms with Gasteiger partial charge in [0.2, 0.25) is 5.91 Å². The quantitative estimate of drug-likeness (QED) is 0.711. The summed E-state index contributed by atoms with van der Waals surface area (Å²) < 4.78 is 5.17. The third-order valence-electron chi connectivity index (χ3n) is 3.23. The number of hydrogen-bond donors (Lipinski definition) is 3. The molecule has 3 N–H and O–H groups in total. The van der Waals surface area contributed by atoms with Crippen molar-refractivity contribution in [2.45, 2.75) is 26.7 Å². The number of methoxy groups -OCH3 is 1. The molecule has 2 amide bonds. The summed E-state index contributed by atoms with van der Waals surface area (Å²) in [6.45, 7) is 3.41. The van der Waals surface area contributed by atoms with Crippen LogP contribution in [0.5, 0.6) is 5.75 Å². The highest BCUT2D eigenvalue weighted by atomic mass is 16.5. The van der Waals surface area contributed by atoms with Crippen LogP contribution in [0.3, 0.4) is 0 Å². The first-order valence-corrected chi connectivity index (χ1v) is 7.10. The van der Waals surface area contributed by atoms with E-state index in [1.165, 1.54) is 20.2 Å². The van der Waals surface area contributed by atoms with Gasteiger partial charge in [-0.1, -0.05) is 13.8 Å². The van der Waals surface area contributed by atoms with E-state index >= 15 is 0 Å². The van der Waals surface area contributed by atoms with Crippen molar-refractivity contribution in [3.8, 4) is 5.75 Å². The molecule has 0 aliphatic heterocycles. The molecule has 0 saturated heterocycles. The summed E-state index contributed by atoms with van der Waals surface area (Å²) in [7, 11) is 2.97. The van der Waals surface area contributed by atoms with E-state index in [1.54, 1.807) is 26.0 Å². The highest BCUT2D eigenvalue weighted by Crippen LogP contribution is 2.29. The van der Waals surface area contributed by atoms with Crippen molar-refractivity contribution in [1.82, 2.24) is 5.32 Å². The summed E-state index contributed by atoms with van der Waals surface area (Å²) in [6, 6.07) is 4.68. The van der Waals surface area contributed by atoms with Crippen LogP contribution in [0.15, 0.2) is 18.2 Å². The molecule has 0 spiro atoms. The smallest absolute Gasteiger partial charge is 0.303 e. The minimum Gasteiger partial charge on any atom is -0.495 e. The number of anilines is 1. The SMILES string of the molecule is CNC(=O)c1ccc(OC)c(NC(=O)CC(C)(C)CC(=O)O)c1. The fourth-order valence-electron chi connectivity index (χ4n) is 2.19. The molecule has 0 radical (unpaired) electrons. The predicted octanol–water partition coefficient (Wildman–Crippen LogP) is 1.88. The van der Waals surface area contributed by atoms with Crippen molar-refractivity contribution in [3.05, 3.63) is 23.8 Å². The standard InChI is InChI=1S/C16H22N2O5/c1-16(2,9-14(20)21)8-13(19)18-11-7-10(15(22)17-3)5-6-12(11)23-4/h5-7H,8-9H2,1-4H3,(H,17,22)(H,18,19)(H,20,21). The molecule has 23 heavy (non-hydrogen) atoms. The first kappa shape index (κ1) is 18.5. The van der Waals surface area contributed by atoms with Crippen molar-refractivity contribution in [2.24, 2.45) is 5.41 Å². The largest absolute Gasteiger partial charge is 0.495 e. The summed E-state index contributed by atoms with van der Waals surface area (Å²) in [5.41, 5.74) is 0.0692. The number of carboxylic acid groups (broad SMARTS) is 1. The van der Waals surface area contributed by atoms with E-state index in [1.807, 2.05) is 0 Å². The van der Waals surface area contributed by atoms with Crippen molar-refractivity contribution in [2.75, 3.05) is 19.5 Å². The highest BCUT2D eigenvalue weighted by Gasteiger charge is 2.25. The lowest BCUT2D eigenvalue weighted by Gasteiger charge is -2.22. The van der Waals surface area contributed by atoms with Gasteiger partial charge in [0.15, 0.2) is 0 Å². The van der Waals surface area contributed by atoms with Gasteiger partial charge in [-0.05, 0) is 23.6 Å². The van der Waals surface area contributed by atoms with Gasteiger partial charge >= 0.3 is 5.97 Å². The average Bonchev–Trinajstić information content (AvgIpc) is 2.44. The number of hydrogen-bond acceptors (Lipinski definition) is 4. The maximum atomic E-state index is 12.2. The third kappa shape index (κ3) is 5.61. The minimum absolute atomic E-state index is 0.0344. The molecule has 0 fully saturated rings. The second kappa shape index (κ2) is 7.62. The van der Waals surface area contributed by atoms with Crippen LogP contribution in [0.2, 0.25) is 0 Å². The van der Waals surface area contributed by atoms with Crippen LogP contribution in [0.1, 0.15) is 37.0 Å². The normalized spacial score (nSPS) is 10.8.